The standard InChI is InChI=1S/C6H13NO4S/c1-6(8)11-5-3-4-7(2)12(9)10/h3-5H2,1-2H3,(H,9,10). The van der Waals surface area contributed by atoms with Crippen LogP contribution in [-0.4, -0.2) is 39.2 Å². The summed E-state index contributed by atoms with van der Waals surface area (Å²) in [7, 11) is 1.52. The fraction of sp³-hybridized carbons (Fsp3) is 0.833. The first-order chi connectivity index (χ1) is 5.54. The van der Waals surface area contributed by atoms with E-state index < -0.39 is 11.3 Å². The SMILES string of the molecule is CC(=O)OCCCN(C)S(=O)O. The summed E-state index contributed by atoms with van der Waals surface area (Å²) in [4.78, 5) is 10.3. The zero-order valence-electron chi connectivity index (χ0n) is 7.15. The van der Waals surface area contributed by atoms with Gasteiger partial charge in [0.1, 0.15) is 0 Å². The number of ether oxygens (including phenoxy) is 1. The van der Waals surface area contributed by atoms with Crippen molar-refractivity contribution in [3.8, 4) is 0 Å². The van der Waals surface area contributed by atoms with E-state index in [0.717, 1.165) is 0 Å². The smallest absolute Gasteiger partial charge is 0.302 e. The minimum Gasteiger partial charge on any atom is -0.466 e. The normalized spacial score (nSPS) is 13.0. The molecule has 0 aromatic rings. The molecule has 0 saturated heterocycles. The van der Waals surface area contributed by atoms with E-state index in [1.165, 1.54) is 18.3 Å². The molecule has 0 aromatic carbocycles. The summed E-state index contributed by atoms with van der Waals surface area (Å²) >= 11 is -1.93. The van der Waals surface area contributed by atoms with Crippen LogP contribution >= 0.6 is 0 Å². The first-order valence-corrected chi connectivity index (χ1v) is 4.56. The monoisotopic (exact) mass is 195 g/mol. The van der Waals surface area contributed by atoms with E-state index >= 15 is 0 Å². The molecule has 6 heteroatoms. The van der Waals surface area contributed by atoms with Crippen molar-refractivity contribution in [2.24, 2.45) is 0 Å². The van der Waals surface area contributed by atoms with Gasteiger partial charge in [-0.25, -0.2) is 8.51 Å². The van der Waals surface area contributed by atoms with Crippen LogP contribution in [0.3, 0.4) is 0 Å². The van der Waals surface area contributed by atoms with Crippen molar-refractivity contribution >= 4 is 17.2 Å². The van der Waals surface area contributed by atoms with Crippen LogP contribution in [0.25, 0.3) is 0 Å². The summed E-state index contributed by atoms with van der Waals surface area (Å²) < 4.78 is 24.8. The van der Waals surface area contributed by atoms with E-state index in [1.807, 2.05) is 0 Å². The van der Waals surface area contributed by atoms with Gasteiger partial charge in [0.05, 0.1) is 6.61 Å². The van der Waals surface area contributed by atoms with Crippen LogP contribution in [0.4, 0.5) is 0 Å². The Hall–Kier alpha value is -0.460. The van der Waals surface area contributed by atoms with E-state index in [9.17, 15) is 9.00 Å². The van der Waals surface area contributed by atoms with Gasteiger partial charge >= 0.3 is 5.97 Å². The molecule has 5 nitrogen and oxygen atoms in total. The van der Waals surface area contributed by atoms with Crippen LogP contribution in [0.15, 0.2) is 0 Å². The lowest BCUT2D eigenvalue weighted by molar-refractivity contribution is -0.141. The molecule has 0 spiro atoms. The molecule has 0 aliphatic carbocycles. The summed E-state index contributed by atoms with van der Waals surface area (Å²) in [6.45, 7) is 2.04. The lowest BCUT2D eigenvalue weighted by atomic mass is 10.4. The summed E-state index contributed by atoms with van der Waals surface area (Å²) in [5.41, 5.74) is 0. The molecule has 1 unspecified atom stereocenters. The average Bonchev–Trinajstić information content (AvgIpc) is 1.97. The molecule has 0 aliphatic rings. The Kier molecular flexibility index (Phi) is 5.87. The zero-order valence-corrected chi connectivity index (χ0v) is 7.97. The molecule has 1 atom stereocenters. The maximum absolute atomic E-state index is 10.4. The van der Waals surface area contributed by atoms with Gasteiger partial charge in [-0.05, 0) is 6.42 Å². The van der Waals surface area contributed by atoms with Gasteiger partial charge in [-0.15, -0.1) is 0 Å². The molecule has 0 radical (unpaired) electrons. The highest BCUT2D eigenvalue weighted by Crippen LogP contribution is 1.91. The average molecular weight is 195 g/mol. The van der Waals surface area contributed by atoms with Crippen LogP contribution in [0, 0.1) is 0 Å². The fourth-order valence-electron chi connectivity index (χ4n) is 0.581. The summed E-state index contributed by atoms with van der Waals surface area (Å²) in [5, 5.41) is 0. The highest BCUT2D eigenvalue weighted by atomic mass is 32.2. The molecule has 1 N–H and O–H groups in total. The fourth-order valence-corrected chi connectivity index (χ4v) is 0.866. The van der Waals surface area contributed by atoms with Crippen LogP contribution < -0.4 is 0 Å². The first-order valence-electron chi connectivity index (χ1n) is 3.49. The van der Waals surface area contributed by atoms with E-state index in [2.05, 4.69) is 4.74 Å². The van der Waals surface area contributed by atoms with Gasteiger partial charge in [-0.3, -0.25) is 9.35 Å². The van der Waals surface area contributed by atoms with Gasteiger partial charge in [0.15, 0.2) is 0 Å². The molecule has 12 heavy (non-hydrogen) atoms. The van der Waals surface area contributed by atoms with Gasteiger partial charge in [0.2, 0.25) is 11.3 Å². The van der Waals surface area contributed by atoms with E-state index in [1.54, 1.807) is 0 Å². The lowest BCUT2D eigenvalue weighted by Crippen LogP contribution is -2.22. The third kappa shape index (κ3) is 6.26. The second kappa shape index (κ2) is 6.10. The molecule has 0 bridgehead atoms. The van der Waals surface area contributed by atoms with Gasteiger partial charge in [0.25, 0.3) is 0 Å². The van der Waals surface area contributed by atoms with E-state index in [4.69, 9.17) is 4.55 Å². The number of nitrogens with zero attached hydrogens (tertiary/aromatic N) is 1. The van der Waals surface area contributed by atoms with Crippen molar-refractivity contribution in [2.45, 2.75) is 13.3 Å². The van der Waals surface area contributed by atoms with Crippen LogP contribution in [0.5, 0.6) is 0 Å². The lowest BCUT2D eigenvalue weighted by Gasteiger charge is -2.10. The highest BCUT2D eigenvalue weighted by molar-refractivity contribution is 7.76. The summed E-state index contributed by atoms with van der Waals surface area (Å²) in [6, 6.07) is 0. The second-order valence-electron chi connectivity index (χ2n) is 2.28. The predicted octanol–water partition coefficient (Wildman–Crippen LogP) is 0.00810. The van der Waals surface area contributed by atoms with Gasteiger partial charge in [-0.2, -0.15) is 0 Å². The molecule has 0 aliphatic heterocycles. The number of rotatable bonds is 5. The van der Waals surface area contributed by atoms with Gasteiger partial charge in [0, 0.05) is 20.5 Å². The molecule has 0 aromatic heterocycles. The molecule has 0 heterocycles. The summed E-state index contributed by atoms with van der Waals surface area (Å²) in [6.07, 6.45) is 0.558. The topological polar surface area (TPSA) is 66.8 Å². The number of esters is 1. The van der Waals surface area contributed by atoms with Crippen molar-refractivity contribution in [3.63, 3.8) is 0 Å². The summed E-state index contributed by atoms with van der Waals surface area (Å²) in [5.74, 6) is -0.331. The molecular formula is C6H13NO4S. The molecule has 72 valence electrons. The largest absolute Gasteiger partial charge is 0.466 e. The number of hydrogen-bond donors (Lipinski definition) is 1. The van der Waals surface area contributed by atoms with Crippen LogP contribution in [0.1, 0.15) is 13.3 Å². The number of carbonyl (C=O) groups is 1. The Bertz CT molecular complexity index is 173. The number of hydrogen-bond acceptors (Lipinski definition) is 3. The molecule has 0 fully saturated rings. The predicted molar refractivity (Wildman–Crippen MR) is 44.7 cm³/mol. The van der Waals surface area contributed by atoms with E-state index in [-0.39, 0.29) is 12.6 Å². The highest BCUT2D eigenvalue weighted by Gasteiger charge is 2.03. The first kappa shape index (κ1) is 11.5. The third-order valence-electron chi connectivity index (χ3n) is 1.19. The van der Waals surface area contributed by atoms with Crippen molar-refractivity contribution < 1.29 is 18.3 Å². The maximum atomic E-state index is 10.4. The van der Waals surface area contributed by atoms with Crippen LogP contribution in [0.2, 0.25) is 0 Å². The Morgan fingerprint density at radius 2 is 2.25 bits per heavy atom. The third-order valence-corrected chi connectivity index (χ3v) is 1.91. The molecule has 0 amide bonds. The molecular weight excluding hydrogens is 182 g/mol. The van der Waals surface area contributed by atoms with Crippen molar-refractivity contribution in [3.05, 3.63) is 0 Å². The Morgan fingerprint density at radius 1 is 1.67 bits per heavy atom. The molecule has 0 saturated carbocycles. The molecule has 0 rings (SSSR count). The minimum absolute atomic E-state index is 0.289. The Labute approximate surface area is 74.1 Å². The minimum atomic E-state index is -1.93. The van der Waals surface area contributed by atoms with Gasteiger partial charge in [-0.1, -0.05) is 0 Å². The van der Waals surface area contributed by atoms with Crippen LogP contribution in [-0.2, 0) is 20.8 Å². The maximum Gasteiger partial charge on any atom is 0.302 e. The van der Waals surface area contributed by atoms with E-state index in [0.29, 0.717) is 13.0 Å². The van der Waals surface area contributed by atoms with Crippen molar-refractivity contribution in [1.29, 1.82) is 0 Å². The quantitative estimate of drug-likeness (QED) is 0.381. The second-order valence-corrected chi connectivity index (χ2v) is 3.36. The van der Waals surface area contributed by atoms with Crippen molar-refractivity contribution in [2.75, 3.05) is 20.2 Å². The zero-order chi connectivity index (χ0) is 9.56. The van der Waals surface area contributed by atoms with Gasteiger partial charge < -0.3 is 4.74 Å². The number of carbonyl (C=O) groups excluding carboxylic acids is 1. The Morgan fingerprint density at radius 3 is 2.67 bits per heavy atom. The Balaban J connectivity index is 3.31. The van der Waals surface area contributed by atoms with Crippen molar-refractivity contribution in [1.82, 2.24) is 4.31 Å².